The van der Waals surface area contributed by atoms with Gasteiger partial charge in [0.05, 0.1) is 0 Å². The Morgan fingerprint density at radius 1 is 1.57 bits per heavy atom. The first-order valence-corrected chi connectivity index (χ1v) is 3.75. The lowest BCUT2D eigenvalue weighted by Crippen LogP contribution is -1.84. The van der Waals surface area contributed by atoms with Crippen LogP contribution in [0.1, 0.15) is 13.8 Å². The minimum atomic E-state index is 0.685. The first-order chi connectivity index (χ1) is 3.31. The monoisotopic (exact) mass is 116 g/mol. The lowest BCUT2D eigenvalue weighted by atomic mass is 10.4. The van der Waals surface area contributed by atoms with E-state index in [1.54, 1.807) is 0 Å². The summed E-state index contributed by atoms with van der Waals surface area (Å²) in [5.41, 5.74) is 0. The van der Waals surface area contributed by atoms with Crippen molar-refractivity contribution in [3.8, 4) is 0 Å². The molecule has 1 unspecified atom stereocenters. The van der Waals surface area contributed by atoms with Gasteiger partial charge in [-0.15, -0.1) is 0 Å². The Labute approximate surface area is 50.0 Å². The molecule has 7 heavy (non-hydrogen) atoms. The summed E-state index contributed by atoms with van der Waals surface area (Å²) in [5, 5.41) is 0.685. The zero-order valence-corrected chi connectivity index (χ0v) is 5.96. The van der Waals surface area contributed by atoms with Gasteiger partial charge >= 0.3 is 0 Å². The molecule has 0 nitrogen and oxygen atoms in total. The van der Waals surface area contributed by atoms with Crippen LogP contribution in [0.2, 0.25) is 0 Å². The van der Waals surface area contributed by atoms with Gasteiger partial charge in [0.15, 0.2) is 0 Å². The Kier molecular flexibility index (Phi) is 4.31. The van der Waals surface area contributed by atoms with E-state index in [0.717, 1.165) is 0 Å². The highest BCUT2D eigenvalue weighted by Crippen LogP contribution is 2.04. The van der Waals surface area contributed by atoms with Gasteiger partial charge in [0.1, 0.15) is 0 Å². The van der Waals surface area contributed by atoms with Crippen LogP contribution >= 0.6 is 11.8 Å². The van der Waals surface area contributed by atoms with E-state index in [1.807, 2.05) is 18.7 Å². The topological polar surface area (TPSA) is 0 Å². The van der Waals surface area contributed by atoms with Gasteiger partial charge in [0.25, 0.3) is 0 Å². The first kappa shape index (κ1) is 7.09. The molecule has 42 valence electrons. The fourth-order valence-corrected chi connectivity index (χ4v) is 0.664. The molecule has 0 saturated heterocycles. The molecule has 0 aromatic heterocycles. The molecular weight excluding hydrogens is 104 g/mol. The summed E-state index contributed by atoms with van der Waals surface area (Å²) in [6, 6.07) is 0. The molecule has 0 N–H and O–H groups in total. The average Bonchev–Trinajstić information content (AvgIpc) is 1.68. The van der Waals surface area contributed by atoms with E-state index in [9.17, 15) is 0 Å². The van der Waals surface area contributed by atoms with Crippen molar-refractivity contribution in [3.63, 3.8) is 0 Å². The molecule has 0 aliphatic rings. The van der Waals surface area contributed by atoms with Crippen molar-refractivity contribution < 1.29 is 0 Å². The number of thioether (sulfide) groups is 1. The lowest BCUT2D eigenvalue weighted by molar-refractivity contribution is 1.24. The molecule has 0 aromatic carbocycles. The van der Waals surface area contributed by atoms with Crippen molar-refractivity contribution in [1.29, 1.82) is 0 Å². The van der Waals surface area contributed by atoms with Crippen LogP contribution in [0.5, 0.6) is 0 Å². The second kappa shape index (κ2) is 4.25. The Bertz CT molecular complexity index is 57.2. The smallest absolute Gasteiger partial charge is 0.0195 e. The summed E-state index contributed by atoms with van der Waals surface area (Å²) in [6.07, 6.45) is 6.39. The number of rotatable bonds is 2. The highest BCUT2D eigenvalue weighted by molar-refractivity contribution is 7.99. The van der Waals surface area contributed by atoms with Crippen molar-refractivity contribution in [1.82, 2.24) is 0 Å². The Morgan fingerprint density at radius 3 is 2.29 bits per heavy atom. The largest absolute Gasteiger partial charge is 0.158 e. The molecule has 0 radical (unpaired) electrons. The highest BCUT2D eigenvalue weighted by atomic mass is 32.2. The van der Waals surface area contributed by atoms with E-state index < -0.39 is 0 Å². The van der Waals surface area contributed by atoms with Crippen LogP contribution in [0.15, 0.2) is 12.2 Å². The van der Waals surface area contributed by atoms with Crippen molar-refractivity contribution >= 4 is 11.8 Å². The summed E-state index contributed by atoms with van der Waals surface area (Å²) in [5.74, 6) is 0. The van der Waals surface area contributed by atoms with Gasteiger partial charge < -0.3 is 0 Å². The maximum absolute atomic E-state index is 2.19. The third-order valence-electron chi connectivity index (χ3n) is 0.835. The van der Waals surface area contributed by atoms with Crippen LogP contribution in [-0.2, 0) is 0 Å². The van der Waals surface area contributed by atoms with Gasteiger partial charge in [-0.25, -0.2) is 0 Å². The van der Waals surface area contributed by atoms with Crippen molar-refractivity contribution in [3.05, 3.63) is 12.2 Å². The van der Waals surface area contributed by atoms with E-state index >= 15 is 0 Å². The van der Waals surface area contributed by atoms with Crippen molar-refractivity contribution in [2.45, 2.75) is 19.1 Å². The molecule has 0 spiro atoms. The zero-order valence-electron chi connectivity index (χ0n) is 5.14. The molecule has 0 saturated carbocycles. The zero-order chi connectivity index (χ0) is 5.70. The summed E-state index contributed by atoms with van der Waals surface area (Å²) < 4.78 is 0. The van der Waals surface area contributed by atoms with Crippen molar-refractivity contribution in [2.75, 3.05) is 6.26 Å². The standard InChI is InChI=1S/C6H12S/c1-4-5-6(2)7-3/h4-6H,1-3H3. The van der Waals surface area contributed by atoms with Gasteiger partial charge in [-0.3, -0.25) is 0 Å². The summed E-state index contributed by atoms with van der Waals surface area (Å²) in [6.45, 7) is 4.23. The molecule has 0 amide bonds. The SMILES string of the molecule is CC=CC(C)SC. The van der Waals surface area contributed by atoms with Gasteiger partial charge in [-0.2, -0.15) is 11.8 Å². The number of hydrogen-bond donors (Lipinski definition) is 0. The van der Waals surface area contributed by atoms with Gasteiger partial charge in [-0.1, -0.05) is 12.2 Å². The molecule has 0 aromatic rings. The fraction of sp³-hybridized carbons (Fsp3) is 0.667. The fourth-order valence-electron chi connectivity index (χ4n) is 0.350. The van der Waals surface area contributed by atoms with Crippen LogP contribution < -0.4 is 0 Å². The van der Waals surface area contributed by atoms with E-state index in [-0.39, 0.29) is 0 Å². The maximum atomic E-state index is 2.19. The van der Waals surface area contributed by atoms with E-state index in [0.29, 0.717) is 5.25 Å². The van der Waals surface area contributed by atoms with Gasteiger partial charge in [0.2, 0.25) is 0 Å². The van der Waals surface area contributed by atoms with Gasteiger partial charge in [-0.05, 0) is 20.1 Å². The highest BCUT2D eigenvalue weighted by Gasteiger charge is 1.86. The van der Waals surface area contributed by atoms with Gasteiger partial charge in [0, 0.05) is 5.25 Å². The molecule has 0 bridgehead atoms. The number of hydrogen-bond acceptors (Lipinski definition) is 1. The minimum Gasteiger partial charge on any atom is -0.158 e. The summed E-state index contributed by atoms with van der Waals surface area (Å²) in [7, 11) is 0. The van der Waals surface area contributed by atoms with Crippen LogP contribution in [-0.4, -0.2) is 11.5 Å². The lowest BCUT2D eigenvalue weighted by Gasteiger charge is -1.95. The molecule has 0 heterocycles. The van der Waals surface area contributed by atoms with Crippen molar-refractivity contribution in [2.24, 2.45) is 0 Å². The van der Waals surface area contributed by atoms with Crippen LogP contribution in [0.4, 0.5) is 0 Å². The van der Waals surface area contributed by atoms with E-state index in [2.05, 4.69) is 25.3 Å². The van der Waals surface area contributed by atoms with E-state index in [1.165, 1.54) is 0 Å². The Hall–Kier alpha value is 0.0900. The molecule has 0 fully saturated rings. The molecule has 0 rings (SSSR count). The third-order valence-corrected chi connectivity index (χ3v) is 1.74. The predicted octanol–water partition coefficient (Wildman–Crippen LogP) is 2.31. The average molecular weight is 116 g/mol. The third kappa shape index (κ3) is 3.93. The Balaban J connectivity index is 3.16. The normalized spacial score (nSPS) is 15.3. The summed E-state index contributed by atoms with van der Waals surface area (Å²) >= 11 is 1.86. The molecule has 1 atom stereocenters. The van der Waals surface area contributed by atoms with Crippen LogP contribution in [0, 0.1) is 0 Å². The summed E-state index contributed by atoms with van der Waals surface area (Å²) in [4.78, 5) is 0. The minimum absolute atomic E-state index is 0.685. The second-order valence-electron chi connectivity index (χ2n) is 1.47. The molecule has 0 aliphatic carbocycles. The maximum Gasteiger partial charge on any atom is 0.0195 e. The molecular formula is C6H12S. The van der Waals surface area contributed by atoms with Crippen LogP contribution in [0.25, 0.3) is 0 Å². The number of allylic oxidation sites excluding steroid dienone is 1. The molecule has 0 aliphatic heterocycles. The Morgan fingerprint density at radius 2 is 2.14 bits per heavy atom. The molecule has 1 heteroatoms. The quantitative estimate of drug-likeness (QED) is 0.499. The second-order valence-corrected chi connectivity index (χ2v) is 2.68. The van der Waals surface area contributed by atoms with E-state index in [4.69, 9.17) is 0 Å². The van der Waals surface area contributed by atoms with Crippen LogP contribution in [0.3, 0.4) is 0 Å². The predicted molar refractivity (Wildman–Crippen MR) is 37.8 cm³/mol. The first-order valence-electron chi connectivity index (χ1n) is 2.47.